The van der Waals surface area contributed by atoms with Crippen LogP contribution < -0.4 is 5.32 Å². The molecule has 0 fully saturated rings. The van der Waals surface area contributed by atoms with E-state index in [0.29, 0.717) is 5.95 Å². The molecule has 4 heteroatoms. The van der Waals surface area contributed by atoms with E-state index in [1.165, 1.54) is 0 Å². The van der Waals surface area contributed by atoms with Crippen molar-refractivity contribution in [2.75, 3.05) is 5.32 Å². The molecule has 0 saturated carbocycles. The van der Waals surface area contributed by atoms with Crippen molar-refractivity contribution in [3.05, 3.63) is 53.9 Å². The van der Waals surface area contributed by atoms with Crippen LogP contribution >= 0.6 is 0 Å². The number of anilines is 1. The van der Waals surface area contributed by atoms with Gasteiger partial charge in [0, 0.05) is 17.8 Å². The van der Waals surface area contributed by atoms with Crippen molar-refractivity contribution >= 4 is 11.9 Å². The molecule has 2 rings (SSSR count). The molecule has 4 nitrogen and oxygen atoms in total. The highest BCUT2D eigenvalue weighted by atomic mass is 16.2. The molecule has 0 radical (unpaired) electrons. The summed E-state index contributed by atoms with van der Waals surface area (Å²) in [5.41, 5.74) is 2.00. The lowest BCUT2D eigenvalue weighted by Crippen LogP contribution is -2.29. The Bertz CT molecular complexity index is 596. The second kappa shape index (κ2) is 6.97. The van der Waals surface area contributed by atoms with Gasteiger partial charge in [-0.3, -0.25) is 10.1 Å². The largest absolute Gasteiger partial charge is 0.294 e. The Morgan fingerprint density at radius 3 is 2.52 bits per heavy atom. The van der Waals surface area contributed by atoms with Crippen molar-refractivity contribution in [2.24, 2.45) is 11.8 Å². The van der Waals surface area contributed by atoms with Crippen LogP contribution in [0.4, 0.5) is 5.95 Å². The maximum Gasteiger partial charge on any atom is 0.230 e. The number of carbonyl (C=O) groups excluding carboxylic acids is 1. The van der Waals surface area contributed by atoms with Gasteiger partial charge >= 0.3 is 0 Å². The molecule has 0 aliphatic heterocycles. The third kappa shape index (κ3) is 4.38. The minimum atomic E-state index is -0.100. The van der Waals surface area contributed by atoms with Gasteiger partial charge in [0.25, 0.3) is 0 Å². The molecule has 1 amide bonds. The van der Waals surface area contributed by atoms with Crippen molar-refractivity contribution in [1.29, 1.82) is 0 Å². The summed E-state index contributed by atoms with van der Waals surface area (Å²) in [7, 11) is 0. The normalized spacial score (nSPS) is 12.2. The minimum Gasteiger partial charge on any atom is -0.294 e. The van der Waals surface area contributed by atoms with E-state index in [9.17, 15) is 4.79 Å². The van der Waals surface area contributed by atoms with Gasteiger partial charge in [-0.1, -0.05) is 44.2 Å². The fourth-order valence-corrected chi connectivity index (χ4v) is 2.21. The molecule has 1 N–H and O–H groups in total. The fraction of sp³-hybridized carbons (Fsp3) is 0.353. The molecule has 0 spiro atoms. The molecule has 1 aromatic carbocycles. The topological polar surface area (TPSA) is 54.9 Å². The standard InChI is InChI=1S/C17H21N3O/c1-12(2)15(11-14-7-5-4-6-8-14)16(21)20-17-18-10-9-13(3)19-17/h4-10,12,15H,11H2,1-3H3,(H,18,19,20,21). The number of nitrogens with one attached hydrogen (secondary N) is 1. The highest BCUT2D eigenvalue weighted by molar-refractivity contribution is 5.91. The molecule has 1 heterocycles. The van der Waals surface area contributed by atoms with Gasteiger partial charge in [-0.15, -0.1) is 0 Å². The van der Waals surface area contributed by atoms with Gasteiger partial charge < -0.3 is 0 Å². The zero-order valence-corrected chi connectivity index (χ0v) is 12.7. The zero-order chi connectivity index (χ0) is 15.2. The predicted molar refractivity (Wildman–Crippen MR) is 83.9 cm³/mol. The molecular formula is C17H21N3O. The predicted octanol–water partition coefficient (Wildman–Crippen LogP) is 3.24. The summed E-state index contributed by atoms with van der Waals surface area (Å²) in [5.74, 6) is 0.490. The number of aryl methyl sites for hydroxylation is 1. The lowest BCUT2D eigenvalue weighted by atomic mass is 9.88. The van der Waals surface area contributed by atoms with Gasteiger partial charge in [0.2, 0.25) is 11.9 Å². The van der Waals surface area contributed by atoms with Crippen molar-refractivity contribution in [1.82, 2.24) is 9.97 Å². The third-order valence-corrected chi connectivity index (χ3v) is 3.47. The Labute approximate surface area is 125 Å². The molecule has 1 atom stereocenters. The number of aromatic nitrogens is 2. The summed E-state index contributed by atoms with van der Waals surface area (Å²) in [6, 6.07) is 11.9. The number of rotatable bonds is 5. The Morgan fingerprint density at radius 2 is 1.90 bits per heavy atom. The van der Waals surface area contributed by atoms with Crippen molar-refractivity contribution in [3.8, 4) is 0 Å². The summed E-state index contributed by atoms with van der Waals surface area (Å²) in [6.07, 6.45) is 2.37. The van der Waals surface area contributed by atoms with Crippen LogP contribution in [0.2, 0.25) is 0 Å². The van der Waals surface area contributed by atoms with Crippen LogP contribution in [0.25, 0.3) is 0 Å². The maximum absolute atomic E-state index is 12.5. The van der Waals surface area contributed by atoms with E-state index in [0.717, 1.165) is 17.7 Å². The van der Waals surface area contributed by atoms with Crippen LogP contribution in [-0.4, -0.2) is 15.9 Å². The molecule has 0 aliphatic rings. The average molecular weight is 283 g/mol. The van der Waals surface area contributed by atoms with Gasteiger partial charge in [-0.2, -0.15) is 0 Å². The van der Waals surface area contributed by atoms with Gasteiger partial charge in [0.05, 0.1) is 0 Å². The van der Waals surface area contributed by atoms with Crippen LogP contribution in [0.15, 0.2) is 42.6 Å². The summed E-state index contributed by atoms with van der Waals surface area (Å²) >= 11 is 0. The Balaban J connectivity index is 2.09. The smallest absolute Gasteiger partial charge is 0.230 e. The lowest BCUT2D eigenvalue weighted by Gasteiger charge is -2.19. The number of amides is 1. The molecule has 2 aromatic rings. The van der Waals surface area contributed by atoms with Crippen LogP contribution in [-0.2, 0) is 11.2 Å². The minimum absolute atomic E-state index is 0.0283. The number of hydrogen-bond acceptors (Lipinski definition) is 3. The number of carbonyl (C=O) groups is 1. The number of benzene rings is 1. The average Bonchev–Trinajstić information content (AvgIpc) is 2.45. The van der Waals surface area contributed by atoms with Gasteiger partial charge in [-0.05, 0) is 30.9 Å². The molecule has 0 saturated heterocycles. The molecule has 1 aromatic heterocycles. The first-order valence-electron chi connectivity index (χ1n) is 7.20. The van der Waals surface area contributed by atoms with E-state index in [1.807, 2.05) is 37.3 Å². The number of nitrogens with zero attached hydrogens (tertiary/aromatic N) is 2. The number of hydrogen-bond donors (Lipinski definition) is 1. The van der Waals surface area contributed by atoms with Gasteiger partial charge in [-0.25, -0.2) is 9.97 Å². The van der Waals surface area contributed by atoms with Crippen LogP contribution in [0.1, 0.15) is 25.1 Å². The molecular weight excluding hydrogens is 262 g/mol. The third-order valence-electron chi connectivity index (χ3n) is 3.47. The van der Waals surface area contributed by atoms with Gasteiger partial charge in [0.1, 0.15) is 0 Å². The Morgan fingerprint density at radius 1 is 1.19 bits per heavy atom. The Kier molecular flexibility index (Phi) is 5.04. The van der Waals surface area contributed by atoms with Crippen LogP contribution in [0.3, 0.4) is 0 Å². The first-order valence-corrected chi connectivity index (χ1v) is 7.20. The van der Waals surface area contributed by atoms with Gasteiger partial charge in [0.15, 0.2) is 0 Å². The SMILES string of the molecule is Cc1ccnc(NC(=O)C(Cc2ccccc2)C(C)C)n1. The van der Waals surface area contributed by atoms with E-state index in [1.54, 1.807) is 12.3 Å². The quantitative estimate of drug-likeness (QED) is 0.916. The highest BCUT2D eigenvalue weighted by Gasteiger charge is 2.23. The molecule has 21 heavy (non-hydrogen) atoms. The van der Waals surface area contributed by atoms with E-state index in [-0.39, 0.29) is 17.7 Å². The first-order chi connectivity index (χ1) is 10.1. The van der Waals surface area contributed by atoms with E-state index in [2.05, 4.69) is 29.1 Å². The summed E-state index contributed by atoms with van der Waals surface area (Å²) < 4.78 is 0. The zero-order valence-electron chi connectivity index (χ0n) is 12.7. The van der Waals surface area contributed by atoms with Crippen LogP contribution in [0.5, 0.6) is 0 Å². The van der Waals surface area contributed by atoms with E-state index < -0.39 is 0 Å². The van der Waals surface area contributed by atoms with Crippen molar-refractivity contribution in [3.63, 3.8) is 0 Å². The molecule has 0 aliphatic carbocycles. The van der Waals surface area contributed by atoms with E-state index >= 15 is 0 Å². The monoisotopic (exact) mass is 283 g/mol. The van der Waals surface area contributed by atoms with E-state index in [4.69, 9.17) is 0 Å². The summed E-state index contributed by atoms with van der Waals surface area (Å²) in [5, 5.41) is 2.82. The Hall–Kier alpha value is -2.23. The molecule has 110 valence electrons. The molecule has 0 bridgehead atoms. The van der Waals surface area contributed by atoms with Crippen molar-refractivity contribution < 1.29 is 4.79 Å². The highest BCUT2D eigenvalue weighted by Crippen LogP contribution is 2.19. The second-order valence-corrected chi connectivity index (χ2v) is 5.55. The first kappa shape index (κ1) is 15.2. The second-order valence-electron chi connectivity index (χ2n) is 5.55. The summed E-state index contributed by atoms with van der Waals surface area (Å²) in [4.78, 5) is 20.8. The van der Waals surface area contributed by atoms with Crippen LogP contribution in [0, 0.1) is 18.8 Å². The van der Waals surface area contributed by atoms with Crippen molar-refractivity contribution in [2.45, 2.75) is 27.2 Å². The maximum atomic E-state index is 12.5. The lowest BCUT2D eigenvalue weighted by molar-refractivity contribution is -0.121. The summed E-state index contributed by atoms with van der Waals surface area (Å²) in [6.45, 7) is 6.00. The fourth-order valence-electron chi connectivity index (χ4n) is 2.21. The molecule has 1 unspecified atom stereocenters.